The smallest absolute Gasteiger partial charge is 0.287 e. The molecule has 21 heavy (non-hydrogen) atoms. The zero-order chi connectivity index (χ0) is 15.6. The van der Waals surface area contributed by atoms with Crippen LogP contribution in [0.1, 0.15) is 43.0 Å². The van der Waals surface area contributed by atoms with Crippen LogP contribution in [-0.4, -0.2) is 28.3 Å². The normalized spacial score (nSPS) is 18.6. The minimum absolute atomic E-state index is 0.0158. The number of hydrogen-bond acceptors (Lipinski definition) is 3. The molecule has 0 saturated carbocycles. The number of hydrogen-bond donors (Lipinski definition) is 0. The molecule has 1 unspecified atom stereocenters. The summed E-state index contributed by atoms with van der Waals surface area (Å²) in [6.45, 7) is 2.60. The summed E-state index contributed by atoms with van der Waals surface area (Å²) in [6, 6.07) is 1.98. The van der Waals surface area contributed by atoms with Crippen molar-refractivity contribution < 1.29 is 14.1 Å². The number of carbonyl (C=O) groups excluding carboxylic acids is 1. The fourth-order valence-electron chi connectivity index (χ4n) is 2.71. The predicted octanol–water partition coefficient (Wildman–Crippen LogP) is 3.90. The van der Waals surface area contributed by atoms with E-state index in [2.05, 4.69) is 15.9 Å². The first-order valence-corrected chi connectivity index (χ1v) is 7.69. The maximum absolute atomic E-state index is 13.6. The highest BCUT2D eigenvalue weighted by Gasteiger charge is 2.30. The zero-order valence-corrected chi connectivity index (χ0v) is 13.2. The number of nitrogens with zero attached hydrogens (tertiary/aromatic N) is 2. The van der Waals surface area contributed by atoms with Gasteiger partial charge in [-0.25, -0.2) is 4.39 Å². The lowest BCUT2D eigenvalue weighted by Crippen LogP contribution is -2.43. The number of carbonyl (C=O) groups is 1. The number of benzene rings is 1. The molecule has 5 nitrogen and oxygen atoms in total. The Morgan fingerprint density at radius 3 is 2.86 bits per heavy atom. The number of rotatable bonds is 3. The van der Waals surface area contributed by atoms with Crippen LogP contribution in [0.3, 0.4) is 0 Å². The van der Waals surface area contributed by atoms with Gasteiger partial charge in [0.05, 0.1) is 16.6 Å². The van der Waals surface area contributed by atoms with Crippen molar-refractivity contribution in [1.29, 1.82) is 0 Å². The van der Waals surface area contributed by atoms with Crippen molar-refractivity contribution >= 4 is 27.5 Å². The largest absolute Gasteiger partial charge is 0.336 e. The average Bonchev–Trinajstić information content (AvgIpc) is 2.48. The van der Waals surface area contributed by atoms with Crippen molar-refractivity contribution in [2.45, 2.75) is 38.6 Å². The van der Waals surface area contributed by atoms with Gasteiger partial charge in [0.2, 0.25) is 0 Å². The van der Waals surface area contributed by atoms with Crippen LogP contribution in [0.15, 0.2) is 16.6 Å². The van der Waals surface area contributed by atoms with Gasteiger partial charge in [-0.15, -0.1) is 0 Å². The third-order valence-corrected chi connectivity index (χ3v) is 4.64. The van der Waals surface area contributed by atoms with E-state index in [-0.39, 0.29) is 22.0 Å². The van der Waals surface area contributed by atoms with Crippen molar-refractivity contribution in [2.75, 3.05) is 6.54 Å². The van der Waals surface area contributed by atoms with Gasteiger partial charge >= 0.3 is 0 Å². The summed E-state index contributed by atoms with van der Waals surface area (Å²) < 4.78 is 13.6. The van der Waals surface area contributed by atoms with Crippen LogP contribution in [0.2, 0.25) is 0 Å². The van der Waals surface area contributed by atoms with Crippen LogP contribution in [-0.2, 0) is 0 Å². The molecule has 0 N–H and O–H groups in total. The lowest BCUT2D eigenvalue weighted by molar-refractivity contribution is -0.385. The van der Waals surface area contributed by atoms with E-state index in [4.69, 9.17) is 0 Å². The van der Waals surface area contributed by atoms with Crippen molar-refractivity contribution in [1.82, 2.24) is 4.90 Å². The highest BCUT2D eigenvalue weighted by molar-refractivity contribution is 9.10. The van der Waals surface area contributed by atoms with E-state index in [9.17, 15) is 19.3 Å². The van der Waals surface area contributed by atoms with Gasteiger partial charge in [-0.05, 0) is 47.7 Å². The fraction of sp³-hybridized carbons (Fsp3) is 0.500. The number of likely N-dealkylation sites (tertiary alicyclic amines) is 1. The standard InChI is InChI=1S/C14H16BrFN2O3/c1-2-10-5-3-4-6-17(10)14(19)11-7-9(16)8-12(13(11)15)18(20)21/h7-8,10H,2-6H2,1H3. The maximum atomic E-state index is 13.6. The van der Waals surface area contributed by atoms with Crippen LogP contribution < -0.4 is 0 Å². The molecular formula is C14H16BrFN2O3. The molecule has 1 aromatic rings. The Morgan fingerprint density at radius 2 is 2.24 bits per heavy atom. The van der Waals surface area contributed by atoms with Crippen LogP contribution in [0.5, 0.6) is 0 Å². The summed E-state index contributed by atoms with van der Waals surface area (Å²) in [5, 5.41) is 10.9. The number of nitro groups is 1. The molecule has 1 heterocycles. The summed E-state index contributed by atoms with van der Waals surface area (Å²) in [5.41, 5.74) is -0.412. The molecular weight excluding hydrogens is 343 g/mol. The molecule has 1 aliphatic rings. The molecule has 0 spiro atoms. The van der Waals surface area contributed by atoms with E-state index < -0.39 is 16.4 Å². The third-order valence-electron chi connectivity index (χ3n) is 3.80. The quantitative estimate of drug-likeness (QED) is 0.607. The number of piperidine rings is 1. The molecule has 1 amide bonds. The molecule has 0 bridgehead atoms. The highest BCUT2D eigenvalue weighted by Crippen LogP contribution is 2.32. The molecule has 0 aliphatic carbocycles. The average molecular weight is 359 g/mol. The Kier molecular flexibility index (Phi) is 4.92. The third kappa shape index (κ3) is 3.23. The van der Waals surface area contributed by atoms with Crippen LogP contribution >= 0.6 is 15.9 Å². The second kappa shape index (κ2) is 6.51. The summed E-state index contributed by atoms with van der Waals surface area (Å²) in [6.07, 6.45) is 3.70. The molecule has 0 aromatic heterocycles. The summed E-state index contributed by atoms with van der Waals surface area (Å²) in [7, 11) is 0. The van der Waals surface area contributed by atoms with Gasteiger partial charge in [0.15, 0.2) is 0 Å². The van der Waals surface area contributed by atoms with Crippen molar-refractivity contribution in [2.24, 2.45) is 0 Å². The van der Waals surface area contributed by atoms with Crippen molar-refractivity contribution in [3.8, 4) is 0 Å². The van der Waals surface area contributed by atoms with E-state index in [0.717, 1.165) is 37.8 Å². The van der Waals surface area contributed by atoms with Gasteiger partial charge in [0, 0.05) is 12.6 Å². The van der Waals surface area contributed by atoms with E-state index >= 15 is 0 Å². The first-order chi connectivity index (χ1) is 9.95. The molecule has 0 radical (unpaired) electrons. The second-order valence-corrected chi connectivity index (χ2v) is 5.89. The lowest BCUT2D eigenvalue weighted by atomic mass is 9.98. The maximum Gasteiger partial charge on any atom is 0.287 e. The van der Waals surface area contributed by atoms with Gasteiger partial charge in [-0.2, -0.15) is 0 Å². The molecule has 1 aliphatic heterocycles. The van der Waals surface area contributed by atoms with Crippen molar-refractivity contribution in [3.63, 3.8) is 0 Å². The number of halogens is 2. The number of amides is 1. The minimum Gasteiger partial charge on any atom is -0.336 e. The Bertz CT molecular complexity index is 580. The van der Waals surface area contributed by atoms with E-state index in [0.29, 0.717) is 6.54 Å². The van der Waals surface area contributed by atoms with Gasteiger partial charge < -0.3 is 4.90 Å². The van der Waals surface area contributed by atoms with Crippen LogP contribution in [0, 0.1) is 15.9 Å². The Balaban J connectivity index is 2.41. The van der Waals surface area contributed by atoms with Gasteiger partial charge in [0.1, 0.15) is 10.3 Å². The Hall–Kier alpha value is -1.50. The Labute approximate surface area is 130 Å². The molecule has 1 aromatic carbocycles. The summed E-state index contributed by atoms with van der Waals surface area (Å²) in [4.78, 5) is 24.6. The first kappa shape index (κ1) is 15.9. The molecule has 114 valence electrons. The van der Waals surface area contributed by atoms with E-state index in [1.165, 1.54) is 0 Å². The molecule has 2 rings (SSSR count). The van der Waals surface area contributed by atoms with Gasteiger partial charge in [0.25, 0.3) is 11.6 Å². The van der Waals surface area contributed by atoms with Crippen molar-refractivity contribution in [3.05, 3.63) is 38.1 Å². The van der Waals surface area contributed by atoms with Gasteiger partial charge in [-0.3, -0.25) is 14.9 Å². The highest BCUT2D eigenvalue weighted by atomic mass is 79.9. The van der Waals surface area contributed by atoms with Gasteiger partial charge in [-0.1, -0.05) is 6.92 Å². The van der Waals surface area contributed by atoms with Crippen LogP contribution in [0.4, 0.5) is 10.1 Å². The zero-order valence-electron chi connectivity index (χ0n) is 11.6. The Morgan fingerprint density at radius 1 is 1.52 bits per heavy atom. The first-order valence-electron chi connectivity index (χ1n) is 6.90. The van der Waals surface area contributed by atoms with Crippen LogP contribution in [0.25, 0.3) is 0 Å². The molecule has 1 fully saturated rings. The monoisotopic (exact) mass is 358 g/mol. The molecule has 1 atom stereocenters. The summed E-state index contributed by atoms with van der Waals surface area (Å²) in [5.74, 6) is -1.13. The van der Waals surface area contributed by atoms with E-state index in [1.807, 2.05) is 6.92 Å². The SMILES string of the molecule is CCC1CCCCN1C(=O)c1cc(F)cc([N+](=O)[O-])c1Br. The molecule has 1 saturated heterocycles. The molecule has 7 heteroatoms. The minimum atomic E-state index is -0.779. The van der Waals surface area contributed by atoms with E-state index in [1.54, 1.807) is 4.90 Å². The summed E-state index contributed by atoms with van der Waals surface area (Å²) >= 11 is 3.07. The lowest BCUT2D eigenvalue weighted by Gasteiger charge is -2.35. The predicted molar refractivity (Wildman–Crippen MR) is 79.7 cm³/mol. The second-order valence-electron chi connectivity index (χ2n) is 5.10. The fourth-order valence-corrected chi connectivity index (χ4v) is 3.25. The number of nitro benzene ring substituents is 1. The topological polar surface area (TPSA) is 63.5 Å².